The third-order valence-corrected chi connectivity index (χ3v) is 4.64. The molecule has 2 unspecified atom stereocenters. The minimum atomic E-state index is 0.191. The predicted molar refractivity (Wildman–Crippen MR) is 80.8 cm³/mol. The largest absolute Gasteiger partial charge is 0.343 e. The number of hydrogen-bond donors (Lipinski definition) is 1. The number of nitrogens with one attached hydrogen (secondary N) is 1. The highest BCUT2D eigenvalue weighted by Crippen LogP contribution is 2.19. The molecule has 1 aromatic carbocycles. The Morgan fingerprint density at radius 2 is 2.21 bits per heavy atom. The molecule has 4 heteroatoms. The van der Waals surface area contributed by atoms with Gasteiger partial charge in [0.05, 0.1) is 0 Å². The molecule has 1 aromatic rings. The van der Waals surface area contributed by atoms with Crippen molar-refractivity contribution in [1.29, 1.82) is 0 Å². The van der Waals surface area contributed by atoms with Crippen molar-refractivity contribution in [2.24, 2.45) is 5.92 Å². The van der Waals surface area contributed by atoms with E-state index in [2.05, 4.69) is 46.4 Å². The molecule has 1 amide bonds. The van der Waals surface area contributed by atoms with Crippen molar-refractivity contribution in [2.45, 2.75) is 32.9 Å². The highest BCUT2D eigenvalue weighted by atomic mass is 79.9. The van der Waals surface area contributed by atoms with E-state index in [0.29, 0.717) is 12.0 Å². The second kappa shape index (κ2) is 6.53. The van der Waals surface area contributed by atoms with Crippen LogP contribution in [0.2, 0.25) is 0 Å². The molecule has 1 aliphatic rings. The number of nitrogens with zero attached hydrogens (tertiary/aromatic N) is 1. The lowest BCUT2D eigenvalue weighted by atomic mass is 9.93. The maximum absolute atomic E-state index is 11.4. The van der Waals surface area contributed by atoms with Crippen LogP contribution in [0.3, 0.4) is 0 Å². The second-order valence-corrected chi connectivity index (χ2v) is 6.16. The van der Waals surface area contributed by atoms with Crippen molar-refractivity contribution >= 4 is 21.8 Å². The van der Waals surface area contributed by atoms with Gasteiger partial charge in [-0.2, -0.15) is 0 Å². The molecular formula is C15H21BrN2O. The monoisotopic (exact) mass is 324 g/mol. The maximum Gasteiger partial charge on any atom is 0.219 e. The average Bonchev–Trinajstić information content (AvgIpc) is 2.39. The SMILES string of the molecule is CC(=O)N1CCC(NCc2ccccc2Br)C(C)C1. The van der Waals surface area contributed by atoms with Crippen LogP contribution in [0.1, 0.15) is 25.8 Å². The average molecular weight is 325 g/mol. The van der Waals surface area contributed by atoms with Crippen LogP contribution in [-0.4, -0.2) is 29.9 Å². The molecule has 1 heterocycles. The molecule has 1 aliphatic heterocycles. The summed E-state index contributed by atoms with van der Waals surface area (Å²) in [6, 6.07) is 8.78. The summed E-state index contributed by atoms with van der Waals surface area (Å²) < 4.78 is 1.15. The molecule has 0 spiro atoms. The van der Waals surface area contributed by atoms with Gasteiger partial charge in [-0.15, -0.1) is 0 Å². The summed E-state index contributed by atoms with van der Waals surface area (Å²) in [5.41, 5.74) is 1.28. The highest BCUT2D eigenvalue weighted by Gasteiger charge is 2.26. The van der Waals surface area contributed by atoms with Gasteiger partial charge in [0.1, 0.15) is 0 Å². The van der Waals surface area contributed by atoms with Gasteiger partial charge in [-0.1, -0.05) is 41.1 Å². The lowest BCUT2D eigenvalue weighted by Gasteiger charge is -2.37. The third kappa shape index (κ3) is 3.80. The molecular weight excluding hydrogens is 304 g/mol. The van der Waals surface area contributed by atoms with Crippen LogP contribution in [0.15, 0.2) is 28.7 Å². The van der Waals surface area contributed by atoms with Crippen molar-refractivity contribution in [3.05, 3.63) is 34.3 Å². The number of benzene rings is 1. The maximum atomic E-state index is 11.4. The number of hydrogen-bond acceptors (Lipinski definition) is 2. The lowest BCUT2D eigenvalue weighted by molar-refractivity contribution is -0.130. The molecule has 2 atom stereocenters. The Labute approximate surface area is 123 Å². The van der Waals surface area contributed by atoms with Gasteiger partial charge in [-0.05, 0) is 24.0 Å². The first-order valence-electron chi connectivity index (χ1n) is 6.80. The predicted octanol–water partition coefficient (Wildman–Crippen LogP) is 2.80. The first-order chi connectivity index (χ1) is 9.08. The van der Waals surface area contributed by atoms with Gasteiger partial charge in [0, 0.05) is 37.1 Å². The fourth-order valence-corrected chi connectivity index (χ4v) is 3.04. The van der Waals surface area contributed by atoms with Gasteiger partial charge < -0.3 is 10.2 Å². The van der Waals surface area contributed by atoms with E-state index >= 15 is 0 Å². The zero-order chi connectivity index (χ0) is 13.8. The van der Waals surface area contributed by atoms with Crippen LogP contribution in [-0.2, 0) is 11.3 Å². The Bertz CT molecular complexity index is 450. The van der Waals surface area contributed by atoms with Gasteiger partial charge in [0.25, 0.3) is 0 Å². The van der Waals surface area contributed by atoms with Gasteiger partial charge in [0.15, 0.2) is 0 Å². The van der Waals surface area contributed by atoms with Crippen molar-refractivity contribution in [3.8, 4) is 0 Å². The molecule has 104 valence electrons. The van der Waals surface area contributed by atoms with Gasteiger partial charge in [0.2, 0.25) is 5.91 Å². The normalized spacial score (nSPS) is 23.4. The minimum Gasteiger partial charge on any atom is -0.343 e. The molecule has 0 aliphatic carbocycles. The van der Waals surface area contributed by atoms with E-state index in [1.165, 1.54) is 5.56 Å². The summed E-state index contributed by atoms with van der Waals surface area (Å²) >= 11 is 3.57. The van der Waals surface area contributed by atoms with Crippen LogP contribution in [0.5, 0.6) is 0 Å². The summed E-state index contributed by atoms with van der Waals surface area (Å²) in [4.78, 5) is 13.3. The number of piperidine rings is 1. The summed E-state index contributed by atoms with van der Waals surface area (Å²) in [5.74, 6) is 0.691. The van der Waals surface area contributed by atoms with E-state index in [0.717, 1.165) is 30.5 Å². The molecule has 0 radical (unpaired) electrons. The Hall–Kier alpha value is -0.870. The molecule has 0 aromatic heterocycles. The van der Waals surface area contributed by atoms with Crippen LogP contribution in [0.4, 0.5) is 0 Å². The molecule has 1 fully saturated rings. The Balaban J connectivity index is 1.88. The van der Waals surface area contributed by atoms with Crippen LogP contribution in [0, 0.1) is 5.92 Å². The summed E-state index contributed by atoms with van der Waals surface area (Å²) in [5, 5.41) is 3.62. The number of likely N-dealkylation sites (tertiary alicyclic amines) is 1. The van der Waals surface area contributed by atoms with Gasteiger partial charge >= 0.3 is 0 Å². The lowest BCUT2D eigenvalue weighted by Crippen LogP contribution is -2.49. The first kappa shape index (κ1) is 14.5. The first-order valence-corrected chi connectivity index (χ1v) is 7.59. The zero-order valence-electron chi connectivity index (χ0n) is 11.5. The van der Waals surface area contributed by atoms with E-state index in [4.69, 9.17) is 0 Å². The Morgan fingerprint density at radius 1 is 1.47 bits per heavy atom. The topological polar surface area (TPSA) is 32.3 Å². The zero-order valence-corrected chi connectivity index (χ0v) is 13.1. The van der Waals surface area contributed by atoms with Crippen molar-refractivity contribution in [1.82, 2.24) is 10.2 Å². The Morgan fingerprint density at radius 3 is 2.84 bits per heavy atom. The van der Waals surface area contributed by atoms with Crippen LogP contribution in [0.25, 0.3) is 0 Å². The summed E-state index contributed by atoms with van der Waals surface area (Å²) in [6.45, 7) is 6.47. The molecule has 2 rings (SSSR count). The van der Waals surface area contributed by atoms with E-state index in [1.54, 1.807) is 6.92 Å². The number of amides is 1. The standard InChI is InChI=1S/C15H21BrN2O/c1-11-10-18(12(2)19)8-7-15(11)17-9-13-5-3-4-6-14(13)16/h3-6,11,15,17H,7-10H2,1-2H3. The van der Waals surface area contributed by atoms with E-state index in [-0.39, 0.29) is 5.91 Å². The van der Waals surface area contributed by atoms with Gasteiger partial charge in [-0.3, -0.25) is 4.79 Å². The van der Waals surface area contributed by atoms with Crippen LogP contribution >= 0.6 is 15.9 Å². The fraction of sp³-hybridized carbons (Fsp3) is 0.533. The Kier molecular flexibility index (Phi) is 4.99. The van der Waals surface area contributed by atoms with Gasteiger partial charge in [-0.25, -0.2) is 0 Å². The van der Waals surface area contributed by atoms with Crippen LogP contribution < -0.4 is 5.32 Å². The van der Waals surface area contributed by atoms with Crippen molar-refractivity contribution < 1.29 is 4.79 Å². The van der Waals surface area contributed by atoms with Crippen molar-refractivity contribution in [3.63, 3.8) is 0 Å². The van der Waals surface area contributed by atoms with Crippen molar-refractivity contribution in [2.75, 3.05) is 13.1 Å². The molecule has 1 saturated heterocycles. The smallest absolute Gasteiger partial charge is 0.219 e. The molecule has 19 heavy (non-hydrogen) atoms. The second-order valence-electron chi connectivity index (χ2n) is 5.31. The quantitative estimate of drug-likeness (QED) is 0.927. The minimum absolute atomic E-state index is 0.191. The molecule has 0 saturated carbocycles. The number of rotatable bonds is 3. The summed E-state index contributed by atoms with van der Waals surface area (Å²) in [7, 11) is 0. The molecule has 0 bridgehead atoms. The fourth-order valence-electron chi connectivity index (χ4n) is 2.62. The van der Waals surface area contributed by atoms with E-state index < -0.39 is 0 Å². The number of carbonyl (C=O) groups is 1. The third-order valence-electron chi connectivity index (χ3n) is 3.86. The van der Waals surface area contributed by atoms with E-state index in [1.807, 2.05) is 11.0 Å². The number of carbonyl (C=O) groups excluding carboxylic acids is 1. The van der Waals surface area contributed by atoms with E-state index in [9.17, 15) is 4.79 Å². The molecule has 1 N–H and O–H groups in total. The highest BCUT2D eigenvalue weighted by molar-refractivity contribution is 9.10. The number of halogens is 1. The molecule has 3 nitrogen and oxygen atoms in total. The summed E-state index contributed by atoms with van der Waals surface area (Å²) in [6.07, 6.45) is 1.03.